The van der Waals surface area contributed by atoms with Crippen molar-refractivity contribution in [3.63, 3.8) is 0 Å². The van der Waals surface area contributed by atoms with E-state index in [4.69, 9.17) is 16.3 Å². The van der Waals surface area contributed by atoms with Crippen molar-refractivity contribution in [2.75, 3.05) is 31.6 Å². The molecule has 0 unspecified atom stereocenters. The van der Waals surface area contributed by atoms with Crippen molar-refractivity contribution in [3.8, 4) is 0 Å². The number of halogens is 1. The smallest absolute Gasteiger partial charge is 0.255 e. The Labute approximate surface area is 141 Å². The Morgan fingerprint density at radius 1 is 1.26 bits per heavy atom. The lowest BCUT2D eigenvalue weighted by Crippen LogP contribution is -2.40. The lowest BCUT2D eigenvalue weighted by Gasteiger charge is -2.27. The van der Waals surface area contributed by atoms with Gasteiger partial charge in [-0.05, 0) is 43.6 Å². The fourth-order valence-corrected chi connectivity index (χ4v) is 3.52. The highest BCUT2D eigenvalue weighted by atomic mass is 35.5. The van der Waals surface area contributed by atoms with Gasteiger partial charge in [0, 0.05) is 25.3 Å². The third-order valence-electron chi connectivity index (χ3n) is 4.95. The molecule has 0 spiro atoms. The fourth-order valence-electron chi connectivity index (χ4n) is 3.30. The highest BCUT2D eigenvalue weighted by Gasteiger charge is 2.41. The summed E-state index contributed by atoms with van der Waals surface area (Å²) in [6, 6.07) is 2.24. The number of hydrogen-bond donors (Lipinski definition) is 1. The van der Waals surface area contributed by atoms with Crippen molar-refractivity contribution in [1.82, 2.24) is 9.88 Å². The van der Waals surface area contributed by atoms with E-state index in [2.05, 4.69) is 10.3 Å². The first kappa shape index (κ1) is 15.2. The molecule has 0 atom stereocenters. The highest BCUT2D eigenvalue weighted by molar-refractivity contribution is 6.33. The summed E-state index contributed by atoms with van der Waals surface area (Å²) < 4.78 is 5.28. The summed E-state index contributed by atoms with van der Waals surface area (Å²) in [5.74, 6) is 2.24. The maximum atomic E-state index is 12.5. The van der Waals surface area contributed by atoms with Crippen LogP contribution in [0.5, 0.6) is 0 Å². The van der Waals surface area contributed by atoms with E-state index < -0.39 is 0 Å². The van der Waals surface area contributed by atoms with Gasteiger partial charge in [0.05, 0.1) is 23.8 Å². The number of anilines is 1. The van der Waals surface area contributed by atoms with Crippen molar-refractivity contribution >= 4 is 23.3 Å². The van der Waals surface area contributed by atoms with Crippen LogP contribution in [0.1, 0.15) is 36.0 Å². The zero-order chi connectivity index (χ0) is 15.8. The summed E-state index contributed by atoms with van der Waals surface area (Å²) in [6.07, 6.45) is 6.86. The molecular weight excluding hydrogens is 314 g/mol. The Morgan fingerprint density at radius 3 is 2.48 bits per heavy atom. The average Bonchev–Trinajstić information content (AvgIpc) is 3.47. The Balaban J connectivity index is 1.46. The van der Waals surface area contributed by atoms with Gasteiger partial charge in [0.15, 0.2) is 0 Å². The summed E-state index contributed by atoms with van der Waals surface area (Å²) in [6.45, 7) is 2.44. The molecule has 1 aromatic heterocycles. The van der Waals surface area contributed by atoms with Crippen LogP contribution in [0.3, 0.4) is 0 Å². The number of hydrogen-bond acceptors (Lipinski definition) is 4. The Morgan fingerprint density at radius 2 is 1.91 bits per heavy atom. The molecule has 3 aliphatic rings. The van der Waals surface area contributed by atoms with Crippen molar-refractivity contribution in [1.29, 1.82) is 0 Å². The van der Waals surface area contributed by atoms with Gasteiger partial charge in [-0.15, -0.1) is 0 Å². The van der Waals surface area contributed by atoms with Gasteiger partial charge in [0.1, 0.15) is 5.82 Å². The first-order valence-electron chi connectivity index (χ1n) is 8.51. The molecule has 1 saturated heterocycles. The van der Waals surface area contributed by atoms with Gasteiger partial charge >= 0.3 is 0 Å². The largest absolute Gasteiger partial charge is 0.378 e. The van der Waals surface area contributed by atoms with Crippen LogP contribution in [0.15, 0.2) is 12.3 Å². The van der Waals surface area contributed by atoms with Crippen LogP contribution in [-0.2, 0) is 4.74 Å². The minimum Gasteiger partial charge on any atom is -0.378 e. The van der Waals surface area contributed by atoms with Gasteiger partial charge in [-0.3, -0.25) is 4.79 Å². The second-order valence-electron chi connectivity index (χ2n) is 6.80. The van der Waals surface area contributed by atoms with E-state index in [1.165, 1.54) is 25.7 Å². The van der Waals surface area contributed by atoms with E-state index in [1.54, 1.807) is 17.2 Å². The first-order chi connectivity index (χ1) is 11.2. The average molecular weight is 336 g/mol. The first-order valence-corrected chi connectivity index (χ1v) is 8.89. The van der Waals surface area contributed by atoms with Crippen molar-refractivity contribution in [2.45, 2.75) is 31.7 Å². The van der Waals surface area contributed by atoms with Crippen molar-refractivity contribution in [3.05, 3.63) is 22.8 Å². The van der Waals surface area contributed by atoms with Crippen LogP contribution in [0.25, 0.3) is 0 Å². The summed E-state index contributed by atoms with van der Waals surface area (Å²) in [5, 5.41) is 4.07. The highest BCUT2D eigenvalue weighted by Crippen LogP contribution is 2.46. The number of carbonyl (C=O) groups is 1. The minimum absolute atomic E-state index is 0.0183. The summed E-state index contributed by atoms with van der Waals surface area (Å²) in [4.78, 5) is 18.7. The number of ether oxygens (including phenoxy) is 1. The van der Waals surface area contributed by atoms with Crippen LogP contribution in [-0.4, -0.2) is 48.1 Å². The van der Waals surface area contributed by atoms with Crippen LogP contribution in [0, 0.1) is 11.8 Å². The quantitative estimate of drug-likeness (QED) is 0.899. The van der Waals surface area contributed by atoms with E-state index in [9.17, 15) is 4.79 Å². The standard InChI is InChI=1S/C17H22ClN3O2/c18-14-9-13(17(22)21-5-7-23-8-6-21)10-19-16(14)20-15(11-1-2-11)12-3-4-12/h9-12,15H,1-8H2,(H,19,20). The monoisotopic (exact) mass is 335 g/mol. The van der Waals surface area contributed by atoms with E-state index in [0.717, 1.165) is 11.8 Å². The SMILES string of the molecule is O=C(c1cnc(NC(C2CC2)C2CC2)c(Cl)c1)N1CCOCC1. The van der Waals surface area contributed by atoms with Gasteiger partial charge in [-0.25, -0.2) is 4.98 Å². The van der Waals surface area contributed by atoms with Gasteiger partial charge < -0.3 is 15.0 Å². The second-order valence-corrected chi connectivity index (χ2v) is 7.21. The lowest BCUT2D eigenvalue weighted by atomic mass is 10.1. The van der Waals surface area contributed by atoms with Crippen LogP contribution < -0.4 is 5.32 Å². The van der Waals surface area contributed by atoms with E-state index >= 15 is 0 Å². The van der Waals surface area contributed by atoms with Gasteiger partial charge in [-0.1, -0.05) is 11.6 Å². The molecule has 2 saturated carbocycles. The number of amides is 1. The summed E-state index contributed by atoms with van der Waals surface area (Å²) in [5.41, 5.74) is 0.553. The fraction of sp³-hybridized carbons (Fsp3) is 0.647. The van der Waals surface area contributed by atoms with Crippen molar-refractivity contribution < 1.29 is 9.53 Å². The van der Waals surface area contributed by atoms with Gasteiger partial charge in [0.25, 0.3) is 5.91 Å². The topological polar surface area (TPSA) is 54.5 Å². The van der Waals surface area contributed by atoms with E-state index in [1.807, 2.05) is 0 Å². The number of aromatic nitrogens is 1. The number of rotatable bonds is 5. The zero-order valence-electron chi connectivity index (χ0n) is 13.1. The van der Waals surface area contributed by atoms with Gasteiger partial charge in [0.2, 0.25) is 0 Å². The Hall–Kier alpha value is -1.33. The maximum Gasteiger partial charge on any atom is 0.255 e. The Kier molecular flexibility index (Phi) is 4.16. The molecule has 1 N–H and O–H groups in total. The number of nitrogens with one attached hydrogen (secondary N) is 1. The molecule has 5 nitrogen and oxygen atoms in total. The van der Waals surface area contributed by atoms with Crippen LogP contribution in [0.4, 0.5) is 5.82 Å². The number of carbonyl (C=O) groups excluding carboxylic acids is 1. The minimum atomic E-state index is -0.0183. The molecular formula is C17H22ClN3O2. The number of nitrogens with zero attached hydrogens (tertiary/aromatic N) is 2. The molecule has 2 heterocycles. The molecule has 0 aromatic carbocycles. The molecule has 0 bridgehead atoms. The third kappa shape index (κ3) is 3.45. The molecule has 23 heavy (non-hydrogen) atoms. The molecule has 1 amide bonds. The molecule has 124 valence electrons. The van der Waals surface area contributed by atoms with E-state index in [0.29, 0.717) is 48.7 Å². The normalized spacial score (nSPS) is 21.6. The molecule has 3 fully saturated rings. The zero-order valence-corrected chi connectivity index (χ0v) is 13.9. The molecule has 0 radical (unpaired) electrons. The van der Waals surface area contributed by atoms with Gasteiger partial charge in [-0.2, -0.15) is 0 Å². The summed E-state index contributed by atoms with van der Waals surface area (Å²) in [7, 11) is 0. The molecule has 2 aliphatic carbocycles. The van der Waals surface area contributed by atoms with E-state index in [-0.39, 0.29) is 5.91 Å². The predicted octanol–water partition coefficient (Wildman–Crippen LogP) is 2.81. The predicted molar refractivity (Wildman–Crippen MR) is 88.8 cm³/mol. The number of pyridine rings is 1. The third-order valence-corrected chi connectivity index (χ3v) is 5.24. The molecule has 4 rings (SSSR count). The number of morpholine rings is 1. The lowest BCUT2D eigenvalue weighted by molar-refractivity contribution is 0.0302. The molecule has 1 aromatic rings. The van der Waals surface area contributed by atoms with Crippen molar-refractivity contribution in [2.24, 2.45) is 11.8 Å². The Bertz CT molecular complexity index is 584. The molecule has 1 aliphatic heterocycles. The molecule has 6 heteroatoms. The summed E-state index contributed by atoms with van der Waals surface area (Å²) >= 11 is 6.39. The maximum absolute atomic E-state index is 12.5. The second kappa shape index (κ2) is 6.29. The van der Waals surface area contributed by atoms with Crippen LogP contribution >= 0.6 is 11.6 Å². The van der Waals surface area contributed by atoms with Crippen LogP contribution in [0.2, 0.25) is 5.02 Å².